The summed E-state index contributed by atoms with van der Waals surface area (Å²) in [5.74, 6) is -3.80. The number of carbonyl (C=O) groups excluding carboxylic acids is 2. The number of rotatable bonds is 3. The number of nitrogens with one attached hydrogen (secondary N) is 1. The molecule has 2 amide bonds. The fourth-order valence-electron chi connectivity index (χ4n) is 3.98. The third kappa shape index (κ3) is 3.41. The summed E-state index contributed by atoms with van der Waals surface area (Å²) in [4.78, 5) is 40.0. The number of nitrogens with zero attached hydrogens (tertiary/aromatic N) is 3. The summed E-state index contributed by atoms with van der Waals surface area (Å²) >= 11 is 0. The van der Waals surface area contributed by atoms with E-state index in [0.717, 1.165) is 11.6 Å². The minimum absolute atomic E-state index is 0.0312. The van der Waals surface area contributed by atoms with Crippen LogP contribution in [0, 0.1) is 11.6 Å². The van der Waals surface area contributed by atoms with Gasteiger partial charge in [-0.25, -0.2) is 8.78 Å². The van der Waals surface area contributed by atoms with Crippen molar-refractivity contribution in [1.82, 2.24) is 14.9 Å². The molecule has 2 aromatic rings. The van der Waals surface area contributed by atoms with Gasteiger partial charge < -0.3 is 15.3 Å². The Morgan fingerprint density at radius 1 is 1.25 bits per heavy atom. The molecule has 2 aliphatic rings. The first-order valence-corrected chi connectivity index (χ1v) is 10.1. The highest BCUT2D eigenvalue weighted by molar-refractivity contribution is 5.99. The summed E-state index contributed by atoms with van der Waals surface area (Å²) < 4.78 is 28.3. The Bertz CT molecular complexity index is 1220. The van der Waals surface area contributed by atoms with Gasteiger partial charge in [-0.1, -0.05) is 17.7 Å². The normalized spacial score (nSPS) is 19.9. The lowest BCUT2D eigenvalue weighted by Crippen LogP contribution is -2.57. The van der Waals surface area contributed by atoms with Gasteiger partial charge in [-0.2, -0.15) is 0 Å². The number of halogens is 2. The van der Waals surface area contributed by atoms with E-state index in [1.54, 1.807) is 5.01 Å². The van der Waals surface area contributed by atoms with E-state index in [1.807, 2.05) is 26.8 Å². The molecular weight excluding hydrogens is 422 g/mol. The average Bonchev–Trinajstić information content (AvgIpc) is 2.83. The smallest absolute Gasteiger partial charge is 0.278 e. The number of hydrogen-bond donors (Lipinski definition) is 2. The lowest BCUT2D eigenvalue weighted by Gasteiger charge is -2.42. The van der Waals surface area contributed by atoms with Crippen molar-refractivity contribution in [3.63, 3.8) is 0 Å². The fourth-order valence-corrected chi connectivity index (χ4v) is 3.98. The SMILES string of the molecule is CC1=C[C@H](C)N2CN([C@@H]1C)n1cc(C(=O)NCc3ccc(F)cc3F)c(=O)c(O)c1C2=O. The molecule has 2 N–H and O–H groups in total. The Labute approximate surface area is 182 Å². The molecule has 0 aliphatic carbocycles. The summed E-state index contributed by atoms with van der Waals surface area (Å²) in [5, 5.41) is 14.8. The number of pyridine rings is 1. The molecule has 32 heavy (non-hydrogen) atoms. The summed E-state index contributed by atoms with van der Waals surface area (Å²) in [6.45, 7) is 5.58. The van der Waals surface area contributed by atoms with Gasteiger partial charge in [-0.15, -0.1) is 0 Å². The molecule has 2 bridgehead atoms. The highest BCUT2D eigenvalue weighted by atomic mass is 19.1. The standard InChI is InChI=1S/C22H22F2N4O4/c1-11-6-12(2)26-10-28(13(11)3)27-9-16(19(29)20(30)18(27)22(26)32)21(31)25-8-14-4-5-15(23)7-17(14)24/h4-7,9,12-13,30H,8,10H2,1-3H3,(H,25,31)/t12-,13+/m0/s1. The molecule has 0 saturated heterocycles. The second kappa shape index (κ2) is 7.77. The third-order valence-corrected chi connectivity index (χ3v) is 6.00. The van der Waals surface area contributed by atoms with E-state index in [-0.39, 0.29) is 36.6 Å². The summed E-state index contributed by atoms with van der Waals surface area (Å²) in [7, 11) is 0. The zero-order valence-electron chi connectivity index (χ0n) is 17.7. The molecule has 0 unspecified atom stereocenters. The van der Waals surface area contributed by atoms with Crippen LogP contribution in [0.1, 0.15) is 47.2 Å². The minimum atomic E-state index is -1.01. The van der Waals surface area contributed by atoms with Crippen LogP contribution in [0.5, 0.6) is 5.75 Å². The molecule has 2 aliphatic heterocycles. The van der Waals surface area contributed by atoms with Gasteiger partial charge >= 0.3 is 0 Å². The van der Waals surface area contributed by atoms with Gasteiger partial charge in [0.05, 0.1) is 6.04 Å². The molecule has 0 spiro atoms. The highest BCUT2D eigenvalue weighted by Crippen LogP contribution is 2.28. The van der Waals surface area contributed by atoms with Gasteiger partial charge in [-0.3, -0.25) is 24.1 Å². The number of hydrogen-bond acceptors (Lipinski definition) is 5. The van der Waals surface area contributed by atoms with Crippen LogP contribution in [0.3, 0.4) is 0 Å². The third-order valence-electron chi connectivity index (χ3n) is 6.00. The van der Waals surface area contributed by atoms with E-state index in [0.29, 0.717) is 6.07 Å². The molecular formula is C22H22F2N4O4. The van der Waals surface area contributed by atoms with Gasteiger partial charge in [0.2, 0.25) is 5.43 Å². The number of fused-ring (bicyclic) bond motifs is 4. The predicted molar refractivity (Wildman–Crippen MR) is 112 cm³/mol. The van der Waals surface area contributed by atoms with Gasteiger partial charge in [0, 0.05) is 30.4 Å². The van der Waals surface area contributed by atoms with Crippen LogP contribution in [0.4, 0.5) is 8.78 Å². The molecule has 1 aromatic carbocycles. The van der Waals surface area contributed by atoms with Gasteiger partial charge in [-0.05, 0) is 26.8 Å². The average molecular weight is 444 g/mol. The van der Waals surface area contributed by atoms with Crippen molar-refractivity contribution in [1.29, 1.82) is 0 Å². The molecule has 10 heteroatoms. The number of aromatic nitrogens is 1. The van der Waals surface area contributed by atoms with E-state index in [2.05, 4.69) is 5.32 Å². The molecule has 4 rings (SSSR count). The van der Waals surface area contributed by atoms with Gasteiger partial charge in [0.25, 0.3) is 11.8 Å². The van der Waals surface area contributed by atoms with Gasteiger partial charge in [0.1, 0.15) is 23.9 Å². The quantitative estimate of drug-likeness (QED) is 0.705. The van der Waals surface area contributed by atoms with Gasteiger partial charge in [0.15, 0.2) is 11.4 Å². The number of carbonyl (C=O) groups is 2. The van der Waals surface area contributed by atoms with E-state index >= 15 is 0 Å². The maximum absolute atomic E-state index is 13.9. The largest absolute Gasteiger partial charge is 0.502 e. The highest BCUT2D eigenvalue weighted by Gasteiger charge is 2.39. The topological polar surface area (TPSA) is 94.9 Å². The molecule has 168 valence electrons. The summed E-state index contributed by atoms with van der Waals surface area (Å²) in [6, 6.07) is 2.51. The molecule has 3 heterocycles. The van der Waals surface area contributed by atoms with E-state index in [1.165, 1.54) is 21.8 Å². The van der Waals surface area contributed by atoms with Crippen molar-refractivity contribution in [3.05, 3.63) is 74.7 Å². The van der Waals surface area contributed by atoms with E-state index < -0.39 is 40.2 Å². The predicted octanol–water partition coefficient (Wildman–Crippen LogP) is 1.85. The molecule has 0 saturated carbocycles. The first-order valence-electron chi connectivity index (χ1n) is 10.1. The van der Waals surface area contributed by atoms with Crippen molar-refractivity contribution < 1.29 is 23.5 Å². The number of aromatic hydroxyl groups is 1. The first-order chi connectivity index (χ1) is 15.1. The molecule has 8 nitrogen and oxygen atoms in total. The lowest BCUT2D eigenvalue weighted by atomic mass is 10.1. The number of amides is 2. The molecule has 1 aromatic heterocycles. The van der Waals surface area contributed by atoms with Crippen LogP contribution in [0.2, 0.25) is 0 Å². The lowest BCUT2D eigenvalue weighted by molar-refractivity contribution is 0.0652. The van der Waals surface area contributed by atoms with Crippen molar-refractivity contribution >= 4 is 11.8 Å². The van der Waals surface area contributed by atoms with Crippen LogP contribution in [-0.2, 0) is 6.54 Å². The zero-order valence-corrected chi connectivity index (χ0v) is 17.7. The Kier molecular flexibility index (Phi) is 5.23. The van der Waals surface area contributed by atoms with E-state index in [4.69, 9.17) is 0 Å². The van der Waals surface area contributed by atoms with Crippen LogP contribution in [0.15, 0.2) is 40.8 Å². The Balaban J connectivity index is 1.72. The summed E-state index contributed by atoms with van der Waals surface area (Å²) in [5.41, 5.74) is -0.613. The second-order valence-electron chi connectivity index (χ2n) is 8.02. The van der Waals surface area contributed by atoms with Crippen LogP contribution in [-0.4, -0.2) is 45.2 Å². The van der Waals surface area contributed by atoms with Crippen molar-refractivity contribution in [2.75, 3.05) is 11.7 Å². The summed E-state index contributed by atoms with van der Waals surface area (Å²) in [6.07, 6.45) is 3.15. The Hall–Kier alpha value is -3.69. The first kappa shape index (κ1) is 21.5. The molecule has 2 atom stereocenters. The maximum atomic E-state index is 13.9. The number of benzene rings is 1. The molecule has 0 fully saturated rings. The fraction of sp³-hybridized carbons (Fsp3) is 0.318. The van der Waals surface area contributed by atoms with E-state index in [9.17, 15) is 28.3 Å². The maximum Gasteiger partial charge on any atom is 0.278 e. The zero-order chi connectivity index (χ0) is 23.3. The minimum Gasteiger partial charge on any atom is -0.502 e. The van der Waals surface area contributed by atoms with Crippen molar-refractivity contribution in [2.45, 2.75) is 39.4 Å². The van der Waals surface area contributed by atoms with Crippen LogP contribution >= 0.6 is 0 Å². The Morgan fingerprint density at radius 2 is 1.97 bits per heavy atom. The second-order valence-corrected chi connectivity index (χ2v) is 8.02. The molecule has 0 radical (unpaired) electrons. The van der Waals surface area contributed by atoms with Crippen molar-refractivity contribution in [2.24, 2.45) is 0 Å². The van der Waals surface area contributed by atoms with Crippen LogP contribution < -0.4 is 15.8 Å². The van der Waals surface area contributed by atoms with Crippen LogP contribution in [0.25, 0.3) is 0 Å². The monoisotopic (exact) mass is 444 g/mol. The van der Waals surface area contributed by atoms with Crippen molar-refractivity contribution in [3.8, 4) is 5.75 Å². The Morgan fingerprint density at radius 3 is 2.66 bits per heavy atom.